The van der Waals surface area contributed by atoms with E-state index in [1.165, 1.54) is 38.3 Å². The van der Waals surface area contributed by atoms with Crippen LogP contribution in [0.4, 0.5) is 0 Å². The number of benzene rings is 2. The van der Waals surface area contributed by atoms with Gasteiger partial charge in [0.05, 0.1) is 13.1 Å². The molecule has 0 radical (unpaired) electrons. The Balaban J connectivity index is 0.000000161. The molecule has 2 aromatic carbocycles. The van der Waals surface area contributed by atoms with E-state index in [9.17, 15) is 10.2 Å². The number of halogens is 2. The molecule has 2 heterocycles. The Bertz CT molecular complexity index is 1240. The Labute approximate surface area is 245 Å². The van der Waals surface area contributed by atoms with Crippen molar-refractivity contribution >= 4 is 23.2 Å². The first-order chi connectivity index (χ1) is 19.2. The van der Waals surface area contributed by atoms with Crippen LogP contribution in [0.3, 0.4) is 0 Å². The minimum absolute atomic E-state index is 0.174. The topological polar surface area (TPSA) is 102 Å². The first kappa shape index (κ1) is 28.7. The van der Waals surface area contributed by atoms with Crippen molar-refractivity contribution in [2.24, 2.45) is 23.7 Å². The summed E-state index contributed by atoms with van der Waals surface area (Å²) in [6.45, 7) is 5.05. The molecule has 4 aromatic rings. The molecule has 6 rings (SSSR count). The van der Waals surface area contributed by atoms with Crippen LogP contribution < -0.4 is 0 Å². The number of nitrogens with zero attached hydrogens (tertiary/aromatic N) is 6. The van der Waals surface area contributed by atoms with Crippen LogP contribution in [0.2, 0.25) is 10.0 Å². The summed E-state index contributed by atoms with van der Waals surface area (Å²) in [6.07, 6.45) is 11.0. The van der Waals surface area contributed by atoms with Gasteiger partial charge in [-0.3, -0.25) is 0 Å². The van der Waals surface area contributed by atoms with Crippen LogP contribution in [0, 0.1) is 23.7 Å². The van der Waals surface area contributed by atoms with Crippen molar-refractivity contribution < 1.29 is 10.2 Å². The molecular formula is C30H36Cl2N6O2. The molecule has 40 heavy (non-hydrogen) atoms. The zero-order chi connectivity index (χ0) is 28.3. The fourth-order valence-electron chi connectivity index (χ4n) is 5.57. The molecule has 212 valence electrons. The van der Waals surface area contributed by atoms with E-state index in [0.29, 0.717) is 35.0 Å². The lowest BCUT2D eigenvalue weighted by Crippen LogP contribution is -2.39. The summed E-state index contributed by atoms with van der Waals surface area (Å²) in [5.74, 6) is 1.51. The van der Waals surface area contributed by atoms with Gasteiger partial charge in [-0.2, -0.15) is 10.2 Å². The fraction of sp³-hybridized carbons (Fsp3) is 0.467. The lowest BCUT2D eigenvalue weighted by atomic mass is 9.79. The summed E-state index contributed by atoms with van der Waals surface area (Å²) < 4.78 is 3.38. The third-order valence-electron chi connectivity index (χ3n) is 8.59. The van der Waals surface area contributed by atoms with Crippen LogP contribution in [-0.2, 0) is 24.3 Å². The maximum atomic E-state index is 11.3. The molecule has 2 fully saturated rings. The minimum Gasteiger partial charge on any atom is -0.383 e. The second-order valence-electron chi connectivity index (χ2n) is 11.3. The molecule has 2 aliphatic carbocycles. The van der Waals surface area contributed by atoms with E-state index >= 15 is 0 Å². The molecule has 0 saturated heterocycles. The molecule has 2 aliphatic rings. The standard InChI is InChI=1S/2C15H18ClN3O/c2*1-11(12-2-3-12)15(20,8-19-10-17-9-18-19)13-4-6-14(16)7-5-13/h2*4-7,9-12,20H,2-3,8H2,1H3. The highest BCUT2D eigenvalue weighted by atomic mass is 35.5. The van der Waals surface area contributed by atoms with Crippen LogP contribution in [0.15, 0.2) is 73.8 Å². The molecule has 4 unspecified atom stereocenters. The first-order valence-corrected chi connectivity index (χ1v) is 14.6. The van der Waals surface area contributed by atoms with Gasteiger partial charge in [-0.1, -0.05) is 61.3 Å². The van der Waals surface area contributed by atoms with Crippen molar-refractivity contribution in [3.63, 3.8) is 0 Å². The van der Waals surface area contributed by atoms with Crippen molar-refractivity contribution in [3.05, 3.63) is 95.0 Å². The number of rotatable bonds is 10. The number of aromatic nitrogens is 6. The Hall–Kier alpha value is -2.78. The average Bonchev–Trinajstić information content (AvgIpc) is 3.88. The molecule has 2 saturated carbocycles. The maximum absolute atomic E-state index is 11.3. The molecule has 0 bridgehead atoms. The van der Waals surface area contributed by atoms with Crippen LogP contribution in [0.1, 0.15) is 50.7 Å². The highest BCUT2D eigenvalue weighted by Gasteiger charge is 2.45. The van der Waals surface area contributed by atoms with E-state index in [1.807, 2.05) is 48.5 Å². The summed E-state index contributed by atoms with van der Waals surface area (Å²) in [7, 11) is 0. The van der Waals surface area contributed by atoms with Gasteiger partial charge in [-0.25, -0.2) is 19.3 Å². The van der Waals surface area contributed by atoms with Crippen molar-refractivity contribution in [2.75, 3.05) is 0 Å². The Kier molecular flexibility index (Phi) is 8.61. The van der Waals surface area contributed by atoms with Crippen molar-refractivity contribution in [1.82, 2.24) is 29.5 Å². The average molecular weight is 584 g/mol. The SMILES string of the molecule is CC(C1CC1)C(O)(Cn1cncn1)c1ccc(Cl)cc1.CC(C1CC1)C(O)(Cn1cncn1)c1ccc(Cl)cc1. The zero-order valence-electron chi connectivity index (χ0n) is 22.8. The van der Waals surface area contributed by atoms with E-state index in [2.05, 4.69) is 34.0 Å². The normalized spacial score (nSPS) is 19.6. The molecule has 0 aliphatic heterocycles. The zero-order valence-corrected chi connectivity index (χ0v) is 24.3. The molecule has 2 N–H and O–H groups in total. The summed E-state index contributed by atoms with van der Waals surface area (Å²) in [4.78, 5) is 7.91. The van der Waals surface area contributed by atoms with Crippen LogP contribution in [-0.4, -0.2) is 39.7 Å². The van der Waals surface area contributed by atoms with Crippen LogP contribution >= 0.6 is 23.2 Å². The lowest BCUT2D eigenvalue weighted by molar-refractivity contribution is -0.0445. The van der Waals surface area contributed by atoms with E-state index < -0.39 is 11.2 Å². The van der Waals surface area contributed by atoms with Crippen molar-refractivity contribution in [1.29, 1.82) is 0 Å². The van der Waals surface area contributed by atoms with Gasteiger partial charge in [-0.05, 0) is 84.7 Å². The Morgan fingerprint density at radius 3 is 1.32 bits per heavy atom. The molecule has 8 nitrogen and oxygen atoms in total. The van der Waals surface area contributed by atoms with Crippen LogP contribution in [0.5, 0.6) is 0 Å². The third-order valence-corrected chi connectivity index (χ3v) is 9.10. The number of hydrogen-bond acceptors (Lipinski definition) is 6. The second kappa shape index (κ2) is 12.0. The third kappa shape index (κ3) is 6.57. The van der Waals surface area contributed by atoms with Gasteiger partial charge in [0.25, 0.3) is 0 Å². The predicted molar refractivity (Wildman–Crippen MR) is 155 cm³/mol. The summed E-state index contributed by atoms with van der Waals surface area (Å²) >= 11 is 11.9. The van der Waals surface area contributed by atoms with Crippen LogP contribution in [0.25, 0.3) is 0 Å². The number of hydrogen-bond donors (Lipinski definition) is 2. The Morgan fingerprint density at radius 1 is 0.700 bits per heavy atom. The molecule has 2 aromatic heterocycles. The van der Waals surface area contributed by atoms with Gasteiger partial charge < -0.3 is 10.2 Å². The molecule has 10 heteroatoms. The van der Waals surface area contributed by atoms with E-state index in [0.717, 1.165) is 11.1 Å². The van der Waals surface area contributed by atoms with Gasteiger partial charge in [0.1, 0.15) is 36.5 Å². The van der Waals surface area contributed by atoms with Gasteiger partial charge in [-0.15, -0.1) is 0 Å². The van der Waals surface area contributed by atoms with Gasteiger partial charge in [0, 0.05) is 10.0 Å². The van der Waals surface area contributed by atoms with Gasteiger partial charge in [0.2, 0.25) is 0 Å². The summed E-state index contributed by atoms with van der Waals surface area (Å²) in [5, 5.41) is 32.2. The molecule has 0 spiro atoms. The molecule has 4 atom stereocenters. The van der Waals surface area contributed by atoms with E-state index in [1.54, 1.807) is 22.0 Å². The molecule has 0 amide bonds. The fourth-order valence-corrected chi connectivity index (χ4v) is 5.82. The molecular weight excluding hydrogens is 547 g/mol. The maximum Gasteiger partial charge on any atom is 0.137 e. The predicted octanol–water partition coefficient (Wildman–Crippen LogP) is 5.73. The number of aliphatic hydroxyl groups is 2. The summed E-state index contributed by atoms with van der Waals surface area (Å²) in [6, 6.07) is 14.9. The quantitative estimate of drug-likeness (QED) is 0.247. The highest BCUT2D eigenvalue weighted by Crippen LogP contribution is 2.47. The second-order valence-corrected chi connectivity index (χ2v) is 12.2. The Morgan fingerprint density at radius 2 is 1.05 bits per heavy atom. The lowest BCUT2D eigenvalue weighted by Gasteiger charge is -2.35. The minimum atomic E-state index is -0.945. The van der Waals surface area contributed by atoms with Crippen molar-refractivity contribution in [2.45, 2.75) is 63.8 Å². The highest BCUT2D eigenvalue weighted by molar-refractivity contribution is 6.30. The summed E-state index contributed by atoms with van der Waals surface area (Å²) in [5.41, 5.74) is -0.118. The van der Waals surface area contributed by atoms with E-state index in [-0.39, 0.29) is 11.8 Å². The first-order valence-electron chi connectivity index (χ1n) is 13.8. The van der Waals surface area contributed by atoms with Gasteiger partial charge >= 0.3 is 0 Å². The monoisotopic (exact) mass is 582 g/mol. The van der Waals surface area contributed by atoms with Gasteiger partial charge in [0.15, 0.2) is 0 Å². The van der Waals surface area contributed by atoms with E-state index in [4.69, 9.17) is 23.2 Å². The smallest absolute Gasteiger partial charge is 0.137 e. The van der Waals surface area contributed by atoms with Crippen molar-refractivity contribution in [3.8, 4) is 0 Å². The largest absolute Gasteiger partial charge is 0.383 e.